The summed E-state index contributed by atoms with van der Waals surface area (Å²) in [6.07, 6.45) is 0. The fourth-order valence-electron chi connectivity index (χ4n) is 1.42. The van der Waals surface area contributed by atoms with Gasteiger partial charge >= 0.3 is 0 Å². The molecule has 0 saturated carbocycles. The number of carbonyl (C=O) groups is 1. The van der Waals surface area contributed by atoms with Crippen molar-refractivity contribution in [2.45, 2.75) is 13.8 Å². The third-order valence-corrected chi connectivity index (χ3v) is 2.48. The number of benzene rings is 1. The summed E-state index contributed by atoms with van der Waals surface area (Å²) < 4.78 is 0. The highest BCUT2D eigenvalue weighted by Crippen LogP contribution is 2.10. The molecule has 0 fully saturated rings. The van der Waals surface area contributed by atoms with Gasteiger partial charge in [-0.1, -0.05) is 30.4 Å². The Labute approximate surface area is 100 Å². The molecule has 0 aliphatic rings. The number of carbonyl (C=O) groups excluding carboxylic acids is 1. The predicted molar refractivity (Wildman–Crippen MR) is 70.2 cm³/mol. The Hall–Kier alpha value is -1.55. The number of para-hydroxylation sites is 1. The van der Waals surface area contributed by atoms with Crippen LogP contribution in [0.5, 0.6) is 0 Å². The number of Topliss-reactive ketones (excluding diaryl/α,β-unsaturated/α-hetero) is 1. The van der Waals surface area contributed by atoms with E-state index in [1.807, 2.05) is 30.3 Å². The highest BCUT2D eigenvalue weighted by molar-refractivity contribution is 7.80. The molecule has 0 radical (unpaired) electrons. The quantitative estimate of drug-likeness (QED) is 0.622. The van der Waals surface area contributed by atoms with Gasteiger partial charge in [0.15, 0.2) is 0 Å². The van der Waals surface area contributed by atoms with Crippen LogP contribution in [0.4, 0.5) is 5.69 Å². The second-order valence-electron chi connectivity index (χ2n) is 3.58. The summed E-state index contributed by atoms with van der Waals surface area (Å²) in [6, 6.07) is 9.39. The average molecular weight is 234 g/mol. The van der Waals surface area contributed by atoms with Crippen molar-refractivity contribution in [2.75, 3.05) is 5.32 Å². The molecule has 1 atom stereocenters. The van der Waals surface area contributed by atoms with Gasteiger partial charge in [0.1, 0.15) is 11.7 Å². The molecule has 0 aliphatic carbocycles. The van der Waals surface area contributed by atoms with Crippen LogP contribution in [0.25, 0.3) is 0 Å². The smallest absolute Gasteiger partial charge is 0.145 e. The van der Waals surface area contributed by atoms with E-state index in [-0.39, 0.29) is 11.5 Å². The molecule has 3 nitrogen and oxygen atoms in total. The van der Waals surface area contributed by atoms with Crippen molar-refractivity contribution in [3.8, 4) is 0 Å². The minimum atomic E-state index is -0.616. The Kier molecular flexibility index (Phi) is 4.31. The number of anilines is 1. The number of hydrogen-bond donors (Lipinski definition) is 2. The van der Waals surface area contributed by atoms with E-state index in [1.54, 1.807) is 6.92 Å². The molecule has 1 aromatic rings. The Bertz CT molecular complexity index is 400. The van der Waals surface area contributed by atoms with Crippen molar-refractivity contribution >= 4 is 34.4 Å². The van der Waals surface area contributed by atoms with Crippen LogP contribution in [0.1, 0.15) is 13.8 Å². The normalized spacial score (nSPS) is 11.6. The zero-order valence-corrected chi connectivity index (χ0v) is 10.1. The van der Waals surface area contributed by atoms with E-state index in [1.165, 1.54) is 6.92 Å². The van der Waals surface area contributed by atoms with E-state index in [0.29, 0.717) is 4.99 Å². The minimum Gasteiger partial charge on any atom is -0.349 e. The molecular weight excluding hydrogens is 220 g/mol. The lowest BCUT2D eigenvalue weighted by Gasteiger charge is -2.15. The summed E-state index contributed by atoms with van der Waals surface area (Å²) in [7, 11) is 0. The maximum atomic E-state index is 11.3. The molecular formula is C12H14N2OS. The second-order valence-corrected chi connectivity index (χ2v) is 4.02. The van der Waals surface area contributed by atoms with Gasteiger partial charge in [-0.3, -0.25) is 4.79 Å². The van der Waals surface area contributed by atoms with Gasteiger partial charge in [-0.2, -0.15) is 0 Å². The van der Waals surface area contributed by atoms with E-state index in [0.717, 1.165) is 5.69 Å². The molecule has 0 amide bonds. The molecule has 16 heavy (non-hydrogen) atoms. The van der Waals surface area contributed by atoms with Crippen LogP contribution < -0.4 is 5.32 Å². The Morgan fingerprint density at radius 2 is 1.88 bits per heavy atom. The summed E-state index contributed by atoms with van der Waals surface area (Å²) in [5.41, 5.74) is 1.10. The molecule has 84 valence electrons. The summed E-state index contributed by atoms with van der Waals surface area (Å²) in [5.74, 6) is -0.726. The van der Waals surface area contributed by atoms with E-state index < -0.39 is 5.92 Å². The van der Waals surface area contributed by atoms with Crippen molar-refractivity contribution in [1.29, 1.82) is 5.41 Å². The average Bonchev–Trinajstić information content (AvgIpc) is 2.17. The first-order valence-corrected chi connectivity index (χ1v) is 5.34. The number of rotatable bonds is 4. The summed E-state index contributed by atoms with van der Waals surface area (Å²) in [4.78, 5) is 11.7. The molecule has 2 N–H and O–H groups in total. The molecule has 0 saturated heterocycles. The van der Waals surface area contributed by atoms with Crippen LogP contribution >= 0.6 is 12.2 Å². The molecule has 0 aromatic heterocycles. The van der Waals surface area contributed by atoms with Gasteiger partial charge in [0, 0.05) is 11.4 Å². The Balaban J connectivity index is 2.78. The molecule has 0 heterocycles. The van der Waals surface area contributed by atoms with Crippen LogP contribution in [-0.4, -0.2) is 16.5 Å². The molecule has 4 heteroatoms. The standard InChI is InChI=1S/C12H14N2OS/c1-8(13)11(9(2)15)12(16)14-10-6-4-3-5-7-10/h3-7,11,13H,1-2H3,(H,14,16). The zero-order chi connectivity index (χ0) is 12.1. The second kappa shape index (κ2) is 5.51. The van der Waals surface area contributed by atoms with Gasteiger partial charge in [0.2, 0.25) is 0 Å². The summed E-state index contributed by atoms with van der Waals surface area (Å²) in [6.45, 7) is 3.03. The predicted octanol–water partition coefficient (Wildman–Crippen LogP) is 2.67. The summed E-state index contributed by atoms with van der Waals surface area (Å²) in [5, 5.41) is 10.5. The summed E-state index contributed by atoms with van der Waals surface area (Å²) >= 11 is 5.14. The molecule has 0 bridgehead atoms. The van der Waals surface area contributed by atoms with E-state index in [9.17, 15) is 4.79 Å². The Morgan fingerprint density at radius 1 is 1.31 bits per heavy atom. The molecule has 1 unspecified atom stereocenters. The van der Waals surface area contributed by atoms with Gasteiger partial charge < -0.3 is 10.7 Å². The third kappa shape index (κ3) is 3.24. The molecule has 0 aliphatic heterocycles. The van der Waals surface area contributed by atoms with Gasteiger partial charge in [-0.25, -0.2) is 0 Å². The van der Waals surface area contributed by atoms with Gasteiger partial charge in [0.25, 0.3) is 0 Å². The van der Waals surface area contributed by atoms with Crippen molar-refractivity contribution in [1.82, 2.24) is 0 Å². The van der Waals surface area contributed by atoms with Gasteiger partial charge in [0.05, 0.1) is 4.99 Å². The first kappa shape index (κ1) is 12.5. The van der Waals surface area contributed by atoms with Crippen molar-refractivity contribution in [3.63, 3.8) is 0 Å². The molecule has 1 rings (SSSR count). The Morgan fingerprint density at radius 3 is 2.31 bits per heavy atom. The minimum absolute atomic E-state index is 0.110. The monoisotopic (exact) mass is 234 g/mol. The zero-order valence-electron chi connectivity index (χ0n) is 9.28. The SMILES string of the molecule is CC(=N)C(C(C)=O)C(=S)Nc1ccccc1. The van der Waals surface area contributed by atoms with Crippen LogP contribution in [0.2, 0.25) is 0 Å². The lowest BCUT2D eigenvalue weighted by Crippen LogP contribution is -2.31. The van der Waals surface area contributed by atoms with Crippen LogP contribution in [0.15, 0.2) is 30.3 Å². The maximum Gasteiger partial charge on any atom is 0.145 e. The lowest BCUT2D eigenvalue weighted by molar-refractivity contribution is -0.117. The maximum absolute atomic E-state index is 11.3. The van der Waals surface area contributed by atoms with E-state index >= 15 is 0 Å². The largest absolute Gasteiger partial charge is 0.349 e. The van der Waals surface area contributed by atoms with Crippen LogP contribution in [0, 0.1) is 11.3 Å². The number of thiocarbonyl (C=S) groups is 1. The first-order valence-electron chi connectivity index (χ1n) is 4.93. The molecule has 1 aromatic carbocycles. The van der Waals surface area contributed by atoms with Gasteiger partial charge in [-0.15, -0.1) is 0 Å². The van der Waals surface area contributed by atoms with Gasteiger partial charge in [-0.05, 0) is 26.0 Å². The first-order chi connectivity index (χ1) is 7.52. The van der Waals surface area contributed by atoms with Crippen LogP contribution in [0.3, 0.4) is 0 Å². The fourth-order valence-corrected chi connectivity index (χ4v) is 1.88. The highest BCUT2D eigenvalue weighted by atomic mass is 32.1. The number of hydrogen-bond acceptors (Lipinski definition) is 3. The molecule has 0 spiro atoms. The van der Waals surface area contributed by atoms with Crippen molar-refractivity contribution in [2.24, 2.45) is 5.92 Å². The van der Waals surface area contributed by atoms with E-state index in [4.69, 9.17) is 17.6 Å². The number of nitrogens with one attached hydrogen (secondary N) is 2. The fraction of sp³-hybridized carbons (Fsp3) is 0.250. The number of ketones is 1. The lowest BCUT2D eigenvalue weighted by atomic mass is 10.00. The highest BCUT2D eigenvalue weighted by Gasteiger charge is 2.21. The third-order valence-electron chi connectivity index (χ3n) is 2.14. The topological polar surface area (TPSA) is 53.0 Å². The van der Waals surface area contributed by atoms with E-state index in [2.05, 4.69) is 5.32 Å². The van der Waals surface area contributed by atoms with Crippen molar-refractivity contribution in [3.05, 3.63) is 30.3 Å². The van der Waals surface area contributed by atoms with Crippen molar-refractivity contribution < 1.29 is 4.79 Å². The van der Waals surface area contributed by atoms with Crippen LogP contribution in [-0.2, 0) is 4.79 Å².